The van der Waals surface area contributed by atoms with Crippen molar-refractivity contribution >= 4 is 34.9 Å². The van der Waals surface area contributed by atoms with Crippen LogP contribution in [0.25, 0.3) is 11.3 Å². The lowest BCUT2D eigenvalue weighted by Crippen LogP contribution is -2.46. The van der Waals surface area contributed by atoms with Crippen molar-refractivity contribution in [1.82, 2.24) is 29.5 Å². The van der Waals surface area contributed by atoms with Gasteiger partial charge in [-0.25, -0.2) is 4.68 Å². The van der Waals surface area contributed by atoms with Crippen LogP contribution < -0.4 is 9.64 Å². The summed E-state index contributed by atoms with van der Waals surface area (Å²) in [5.41, 5.74) is 9.30. The first-order chi connectivity index (χ1) is 30.1. The molecule has 62 heavy (non-hydrogen) atoms. The molecule has 324 valence electrons. The third-order valence-electron chi connectivity index (χ3n) is 13.5. The van der Waals surface area contributed by atoms with E-state index in [1.807, 2.05) is 32.2 Å². The number of piperazine rings is 1. The molecule has 0 radical (unpaired) electrons. The van der Waals surface area contributed by atoms with E-state index in [1.54, 1.807) is 21.8 Å². The van der Waals surface area contributed by atoms with E-state index < -0.39 is 6.04 Å². The predicted molar refractivity (Wildman–Crippen MR) is 238 cm³/mol. The van der Waals surface area contributed by atoms with Gasteiger partial charge in [-0.05, 0) is 104 Å². The number of amides is 2. The van der Waals surface area contributed by atoms with Crippen LogP contribution in [0.15, 0.2) is 59.7 Å². The Morgan fingerprint density at radius 3 is 2.56 bits per heavy atom. The number of nitrogens with zero attached hydrogens (tertiary/aromatic N) is 8. The zero-order valence-corrected chi connectivity index (χ0v) is 36.4. The molecule has 4 aromatic rings. The molecule has 2 atom stereocenters. The van der Waals surface area contributed by atoms with Crippen LogP contribution in [0.2, 0.25) is 0 Å². The maximum atomic E-state index is 13.9. The van der Waals surface area contributed by atoms with Crippen molar-refractivity contribution in [1.29, 1.82) is 0 Å². The SMILES string of the molecule is Cc1cc2cc(n1)-c1cnn(C)c1OCCC[C@@H](C)CN1C(=NC2=O)Cc2ccc(CN3CCN(CCCCCc4cccc5c4CN(C4CCC(=O)CC4=O)C5=O)CC3)cc21. The summed E-state index contributed by atoms with van der Waals surface area (Å²) in [7, 11) is 1.86. The molecular formula is C49H58N8O5. The summed E-state index contributed by atoms with van der Waals surface area (Å²) in [5.74, 6) is 1.33. The standard InChI is InChI=1S/C49H58N8O5/c1-32-9-8-22-62-49-40(28-50-53(49)3)42-25-37(23-33(2)51-42)47(60)52-46-26-36-14-13-34(24-44(36)56(46)29-32)30-55-20-18-54(19-21-55)17-6-4-5-10-35-11-7-12-39-41(35)31-57(48(39)61)43-16-15-38(58)27-45(43)59/h7,11-14,23-25,28,32,43H,4-6,8-10,15-22,26-27,29-31H2,1-3H3/t32-,43?/m1/s1. The monoisotopic (exact) mass is 838 g/mol. The number of pyridine rings is 1. The molecule has 2 aromatic carbocycles. The van der Waals surface area contributed by atoms with Gasteiger partial charge in [0.15, 0.2) is 5.78 Å². The number of aromatic nitrogens is 3. The molecule has 1 saturated carbocycles. The lowest BCUT2D eigenvalue weighted by molar-refractivity contribution is -0.133. The van der Waals surface area contributed by atoms with Crippen molar-refractivity contribution in [3.63, 3.8) is 0 Å². The minimum atomic E-state index is -0.477. The van der Waals surface area contributed by atoms with Crippen LogP contribution in [0.5, 0.6) is 5.88 Å². The third kappa shape index (κ3) is 8.87. The number of amidine groups is 1. The maximum Gasteiger partial charge on any atom is 0.278 e. The van der Waals surface area contributed by atoms with Crippen molar-refractivity contribution in [2.75, 3.05) is 50.8 Å². The zero-order chi connectivity index (χ0) is 42.9. The number of rotatable bonds is 9. The van der Waals surface area contributed by atoms with Gasteiger partial charge in [-0.3, -0.25) is 29.1 Å². The van der Waals surface area contributed by atoms with Gasteiger partial charge in [0.25, 0.3) is 11.8 Å². The summed E-state index contributed by atoms with van der Waals surface area (Å²) in [4.78, 5) is 70.2. The second kappa shape index (κ2) is 18.1. The predicted octanol–water partition coefficient (Wildman–Crippen LogP) is 6.38. The number of aryl methyl sites for hydroxylation is 3. The van der Waals surface area contributed by atoms with E-state index in [0.717, 1.165) is 118 Å². The molecule has 2 bridgehead atoms. The summed E-state index contributed by atoms with van der Waals surface area (Å²) < 4.78 is 7.99. The van der Waals surface area contributed by atoms with E-state index in [1.165, 1.54) is 16.7 Å². The van der Waals surface area contributed by atoms with Crippen molar-refractivity contribution in [3.05, 3.63) is 93.8 Å². The van der Waals surface area contributed by atoms with Gasteiger partial charge in [0.05, 0.1) is 36.5 Å². The normalized spacial score (nSPS) is 21.2. The Morgan fingerprint density at radius 1 is 0.887 bits per heavy atom. The van der Waals surface area contributed by atoms with E-state index >= 15 is 0 Å². The first-order valence-electron chi connectivity index (χ1n) is 22.6. The lowest BCUT2D eigenvalue weighted by Gasteiger charge is -2.35. The van der Waals surface area contributed by atoms with Gasteiger partial charge < -0.3 is 19.4 Å². The Balaban J connectivity index is 0.780. The van der Waals surface area contributed by atoms with Gasteiger partial charge >= 0.3 is 0 Å². The van der Waals surface area contributed by atoms with Crippen molar-refractivity contribution in [2.24, 2.45) is 18.0 Å². The number of hydrogen-bond acceptors (Lipinski definition) is 10. The number of anilines is 1. The number of ketones is 2. The largest absolute Gasteiger partial charge is 0.477 e. The van der Waals surface area contributed by atoms with Crippen LogP contribution in [-0.4, -0.2) is 111 Å². The van der Waals surface area contributed by atoms with E-state index in [9.17, 15) is 19.2 Å². The molecule has 2 amide bonds. The van der Waals surface area contributed by atoms with Gasteiger partial charge in [0, 0.05) is 88.2 Å². The second-order valence-corrected chi connectivity index (χ2v) is 18.1. The fraction of sp³-hybridized carbons (Fsp3) is 0.490. The van der Waals surface area contributed by atoms with Gasteiger partial charge in [0.1, 0.15) is 11.6 Å². The first-order valence-corrected chi connectivity index (χ1v) is 22.6. The number of ether oxygens (including phenoxy) is 1. The highest BCUT2D eigenvalue weighted by molar-refractivity contribution is 6.13. The van der Waals surface area contributed by atoms with Crippen LogP contribution in [0.1, 0.15) is 107 Å². The van der Waals surface area contributed by atoms with Crippen LogP contribution in [0.4, 0.5) is 5.69 Å². The highest BCUT2D eigenvalue weighted by Crippen LogP contribution is 2.35. The Morgan fingerprint density at radius 2 is 1.73 bits per heavy atom. The lowest BCUT2D eigenvalue weighted by atomic mass is 9.92. The number of aliphatic imine (C=N–C) groups is 1. The van der Waals surface area contributed by atoms with Gasteiger partial charge in [-0.2, -0.15) is 10.1 Å². The average molecular weight is 839 g/mol. The number of unbranched alkanes of at least 4 members (excludes halogenated alkanes) is 2. The molecule has 5 aliphatic rings. The number of carbonyl (C=O) groups excluding carboxylic acids is 4. The number of Topliss-reactive ketones (excluding diaryl/α,β-unsaturated/α-hetero) is 2. The van der Waals surface area contributed by atoms with Crippen LogP contribution in [0, 0.1) is 12.8 Å². The summed E-state index contributed by atoms with van der Waals surface area (Å²) >= 11 is 0. The molecule has 1 saturated heterocycles. The fourth-order valence-corrected chi connectivity index (χ4v) is 10.1. The minimum absolute atomic E-state index is 0.0202. The third-order valence-corrected chi connectivity index (χ3v) is 13.5. The molecule has 0 spiro atoms. The fourth-order valence-electron chi connectivity index (χ4n) is 10.1. The molecule has 0 N–H and O–H groups in total. The van der Waals surface area contributed by atoms with Crippen molar-refractivity contribution in [3.8, 4) is 17.1 Å². The summed E-state index contributed by atoms with van der Waals surface area (Å²) in [6.07, 6.45) is 9.23. The van der Waals surface area contributed by atoms with E-state index in [4.69, 9.17) is 14.7 Å². The summed E-state index contributed by atoms with van der Waals surface area (Å²) in [6.45, 7) is 12.1. The Kier molecular flexibility index (Phi) is 12.2. The topological polar surface area (TPSA) is 134 Å². The van der Waals surface area contributed by atoms with Gasteiger partial charge in [0.2, 0.25) is 5.88 Å². The minimum Gasteiger partial charge on any atom is -0.477 e. The molecule has 2 fully saturated rings. The summed E-state index contributed by atoms with van der Waals surface area (Å²) in [6, 6.07) is 15.9. The van der Waals surface area contributed by atoms with Crippen LogP contribution >= 0.6 is 0 Å². The van der Waals surface area contributed by atoms with Gasteiger partial charge in [-0.15, -0.1) is 0 Å². The summed E-state index contributed by atoms with van der Waals surface area (Å²) in [5, 5.41) is 4.43. The maximum absolute atomic E-state index is 13.9. The van der Waals surface area contributed by atoms with E-state index in [0.29, 0.717) is 55.5 Å². The molecule has 2 aromatic heterocycles. The second-order valence-electron chi connectivity index (χ2n) is 18.1. The van der Waals surface area contributed by atoms with Crippen LogP contribution in [0.3, 0.4) is 0 Å². The Labute approximate surface area is 364 Å². The highest BCUT2D eigenvalue weighted by Gasteiger charge is 2.39. The average Bonchev–Trinajstić information content (AvgIpc) is 3.91. The number of fused-ring (bicyclic) bond motifs is 8. The molecule has 4 aliphatic heterocycles. The Hall–Kier alpha value is -5.53. The quantitative estimate of drug-likeness (QED) is 0.138. The number of benzene rings is 2. The molecule has 9 rings (SSSR count). The van der Waals surface area contributed by atoms with Crippen molar-refractivity contribution in [2.45, 2.75) is 97.2 Å². The molecule has 6 heterocycles. The molecule has 13 heteroatoms. The number of carbonyl (C=O) groups is 4. The Bertz CT molecular complexity index is 2410. The zero-order valence-electron chi connectivity index (χ0n) is 36.4. The smallest absolute Gasteiger partial charge is 0.278 e. The molecular weight excluding hydrogens is 781 g/mol. The van der Waals surface area contributed by atoms with Crippen LogP contribution in [-0.2, 0) is 42.6 Å². The van der Waals surface area contributed by atoms with E-state index in [-0.39, 0.29) is 29.8 Å². The number of hydrogen-bond donors (Lipinski definition) is 0. The first kappa shape index (κ1) is 41.8. The van der Waals surface area contributed by atoms with Crippen molar-refractivity contribution < 1.29 is 23.9 Å². The molecule has 1 unspecified atom stereocenters. The van der Waals surface area contributed by atoms with Gasteiger partial charge in [-0.1, -0.05) is 37.6 Å². The van der Waals surface area contributed by atoms with E-state index in [2.05, 4.69) is 51.0 Å². The highest BCUT2D eigenvalue weighted by atomic mass is 16.5. The molecule has 13 nitrogen and oxygen atoms in total. The molecule has 1 aliphatic carbocycles.